The maximum Gasteiger partial charge on any atom is 0.119 e. The Labute approximate surface area is 161 Å². The van der Waals surface area contributed by atoms with Gasteiger partial charge in [-0.2, -0.15) is 0 Å². The number of hydrogen-bond acceptors (Lipinski definition) is 3. The van der Waals surface area contributed by atoms with E-state index in [2.05, 4.69) is 13.0 Å². The van der Waals surface area contributed by atoms with E-state index in [0.717, 1.165) is 37.9 Å². The Bertz CT molecular complexity index is 833. The van der Waals surface area contributed by atoms with Crippen molar-refractivity contribution in [1.82, 2.24) is 0 Å². The van der Waals surface area contributed by atoms with Crippen LogP contribution in [0.15, 0.2) is 48.5 Å². The zero-order valence-corrected chi connectivity index (χ0v) is 15.8. The molecule has 0 unspecified atom stereocenters. The van der Waals surface area contributed by atoms with Crippen molar-refractivity contribution >= 4 is 0 Å². The van der Waals surface area contributed by atoms with Crippen molar-refractivity contribution in [3.05, 3.63) is 59.7 Å². The summed E-state index contributed by atoms with van der Waals surface area (Å²) in [6.45, 7) is 2.28. The van der Waals surface area contributed by atoms with Crippen molar-refractivity contribution in [3.63, 3.8) is 0 Å². The second kappa shape index (κ2) is 6.27. The average molecular weight is 364 g/mol. The molecule has 0 spiro atoms. The van der Waals surface area contributed by atoms with Crippen LogP contribution >= 0.6 is 0 Å². The second-order valence-electron chi connectivity index (χ2n) is 8.99. The van der Waals surface area contributed by atoms with Gasteiger partial charge < -0.3 is 14.9 Å². The van der Waals surface area contributed by atoms with Gasteiger partial charge >= 0.3 is 0 Å². The number of rotatable bonds is 2. The highest BCUT2D eigenvalue weighted by Gasteiger charge is 2.58. The molecule has 3 aliphatic carbocycles. The minimum Gasteiger partial charge on any atom is -0.508 e. The summed E-state index contributed by atoms with van der Waals surface area (Å²) in [7, 11) is 0. The molecule has 0 bridgehead atoms. The van der Waals surface area contributed by atoms with Crippen molar-refractivity contribution in [2.24, 2.45) is 17.3 Å². The predicted molar refractivity (Wildman–Crippen MR) is 105 cm³/mol. The van der Waals surface area contributed by atoms with Crippen LogP contribution in [-0.4, -0.2) is 22.4 Å². The van der Waals surface area contributed by atoms with Crippen LogP contribution in [0, 0.1) is 17.3 Å². The summed E-state index contributed by atoms with van der Waals surface area (Å²) in [5.41, 5.74) is 2.54. The smallest absolute Gasteiger partial charge is 0.119 e. The fraction of sp³-hybridized carbons (Fsp3) is 0.500. The first-order valence-electron chi connectivity index (χ1n) is 10.3. The largest absolute Gasteiger partial charge is 0.508 e. The van der Waals surface area contributed by atoms with Gasteiger partial charge in [-0.15, -0.1) is 0 Å². The van der Waals surface area contributed by atoms with Crippen LogP contribution in [0.5, 0.6) is 11.5 Å². The van der Waals surface area contributed by atoms with Gasteiger partial charge in [0.15, 0.2) is 0 Å². The number of fused-ring (bicyclic) bond motifs is 5. The summed E-state index contributed by atoms with van der Waals surface area (Å²) in [6, 6.07) is 15.9. The van der Waals surface area contributed by atoms with Gasteiger partial charge in [0.05, 0.1) is 6.10 Å². The van der Waals surface area contributed by atoms with Crippen molar-refractivity contribution in [2.45, 2.75) is 57.2 Å². The molecule has 3 aliphatic rings. The third-order valence-corrected chi connectivity index (χ3v) is 7.64. The molecule has 0 saturated heterocycles. The van der Waals surface area contributed by atoms with Crippen LogP contribution in [0.3, 0.4) is 0 Å². The van der Waals surface area contributed by atoms with Gasteiger partial charge in [0, 0.05) is 11.3 Å². The Morgan fingerprint density at radius 1 is 1.04 bits per heavy atom. The molecule has 5 rings (SSSR count). The number of aromatic hydroxyl groups is 1. The number of phenolic OH excluding ortho intramolecular Hbond substituents is 1. The summed E-state index contributed by atoms with van der Waals surface area (Å²) < 4.78 is 6.56. The van der Waals surface area contributed by atoms with Crippen LogP contribution in [-0.2, 0) is 6.42 Å². The summed E-state index contributed by atoms with van der Waals surface area (Å²) in [5.74, 6) is 2.67. The topological polar surface area (TPSA) is 49.7 Å². The zero-order valence-electron chi connectivity index (χ0n) is 15.8. The molecule has 0 aliphatic heterocycles. The van der Waals surface area contributed by atoms with Gasteiger partial charge in [0.1, 0.15) is 17.6 Å². The number of benzene rings is 2. The van der Waals surface area contributed by atoms with Crippen molar-refractivity contribution in [2.75, 3.05) is 0 Å². The van der Waals surface area contributed by atoms with E-state index in [-0.39, 0.29) is 17.6 Å². The van der Waals surface area contributed by atoms with E-state index < -0.39 is 0 Å². The summed E-state index contributed by atoms with van der Waals surface area (Å²) in [4.78, 5) is 0. The van der Waals surface area contributed by atoms with E-state index in [0.29, 0.717) is 23.5 Å². The molecule has 142 valence electrons. The highest BCUT2D eigenvalue weighted by Crippen LogP contribution is 2.61. The Morgan fingerprint density at radius 3 is 2.67 bits per heavy atom. The molecule has 0 aromatic heterocycles. The fourth-order valence-corrected chi connectivity index (χ4v) is 6.38. The lowest BCUT2D eigenvalue weighted by Crippen LogP contribution is -2.51. The Balaban J connectivity index is 1.57. The van der Waals surface area contributed by atoms with Crippen LogP contribution < -0.4 is 4.74 Å². The number of para-hydroxylation sites is 1. The number of hydrogen-bond donors (Lipinski definition) is 2. The minimum atomic E-state index is -0.230. The first kappa shape index (κ1) is 17.1. The molecule has 2 N–H and O–H groups in total. The molecule has 0 amide bonds. The molecular formula is C24H28O3. The Morgan fingerprint density at radius 2 is 1.85 bits per heavy atom. The molecule has 2 aromatic rings. The molecule has 0 heterocycles. The van der Waals surface area contributed by atoms with Crippen LogP contribution in [0.2, 0.25) is 0 Å². The number of aliphatic hydroxyl groups is 1. The SMILES string of the molecule is C[C@]12C[C@H](Oc3ccccc3)[C@@H]3c4ccc(O)cc4CC[C@H]3[C@@H]1CC[C@@H]2O. The van der Waals surface area contributed by atoms with Gasteiger partial charge in [-0.05, 0) is 79.3 Å². The monoisotopic (exact) mass is 364 g/mol. The summed E-state index contributed by atoms with van der Waals surface area (Å²) >= 11 is 0. The van der Waals surface area contributed by atoms with E-state index in [9.17, 15) is 10.2 Å². The van der Waals surface area contributed by atoms with E-state index in [4.69, 9.17) is 4.74 Å². The van der Waals surface area contributed by atoms with Gasteiger partial charge in [-0.3, -0.25) is 0 Å². The second-order valence-corrected chi connectivity index (χ2v) is 8.99. The molecule has 6 atom stereocenters. The first-order chi connectivity index (χ1) is 13.1. The number of phenols is 1. The van der Waals surface area contributed by atoms with Crippen LogP contribution in [0.1, 0.15) is 49.7 Å². The minimum absolute atomic E-state index is 0.0509. The number of ether oxygens (including phenoxy) is 1. The predicted octanol–water partition coefficient (Wildman–Crippen LogP) is 4.67. The van der Waals surface area contributed by atoms with E-state index in [1.165, 1.54) is 11.1 Å². The van der Waals surface area contributed by atoms with Crippen LogP contribution in [0.25, 0.3) is 0 Å². The highest BCUT2D eigenvalue weighted by atomic mass is 16.5. The first-order valence-corrected chi connectivity index (χ1v) is 10.3. The third-order valence-electron chi connectivity index (χ3n) is 7.64. The molecular weight excluding hydrogens is 336 g/mol. The maximum atomic E-state index is 10.8. The quantitative estimate of drug-likeness (QED) is 0.814. The Kier molecular flexibility index (Phi) is 3.98. The van der Waals surface area contributed by atoms with Crippen molar-refractivity contribution in [1.29, 1.82) is 0 Å². The molecule has 2 aromatic carbocycles. The van der Waals surface area contributed by atoms with E-state index in [1.807, 2.05) is 42.5 Å². The Hall–Kier alpha value is -2.00. The lowest BCUT2D eigenvalue weighted by atomic mass is 9.54. The standard InChI is InChI=1S/C24H28O3/c1-24-14-21(27-17-5-3-2-4-6-17)23-18-10-8-16(25)13-15(18)7-9-19(23)20(24)11-12-22(24)26/h2-6,8,10,13,19-23,25-26H,7,9,11-12,14H2,1H3/t19-,20-,21-,22-,23+,24-/m0/s1. The molecule has 27 heavy (non-hydrogen) atoms. The zero-order chi connectivity index (χ0) is 18.6. The summed E-state index contributed by atoms with van der Waals surface area (Å²) in [6.07, 6.45) is 4.85. The van der Waals surface area contributed by atoms with Gasteiger partial charge in [0.2, 0.25) is 0 Å². The van der Waals surface area contributed by atoms with Gasteiger partial charge in [-0.25, -0.2) is 0 Å². The average Bonchev–Trinajstić information content (AvgIpc) is 2.96. The summed E-state index contributed by atoms with van der Waals surface area (Å²) in [5, 5.41) is 20.7. The lowest BCUT2D eigenvalue weighted by molar-refractivity contribution is -0.0716. The van der Waals surface area contributed by atoms with E-state index >= 15 is 0 Å². The highest BCUT2D eigenvalue weighted by molar-refractivity contribution is 5.41. The fourth-order valence-electron chi connectivity index (χ4n) is 6.38. The molecule has 3 heteroatoms. The van der Waals surface area contributed by atoms with Crippen molar-refractivity contribution in [3.8, 4) is 11.5 Å². The lowest BCUT2D eigenvalue weighted by Gasteiger charge is -2.53. The number of aryl methyl sites for hydroxylation is 1. The molecule has 2 saturated carbocycles. The molecule has 3 nitrogen and oxygen atoms in total. The normalized spacial score (nSPS) is 37.2. The van der Waals surface area contributed by atoms with Gasteiger partial charge in [-0.1, -0.05) is 31.2 Å². The maximum absolute atomic E-state index is 10.8. The number of aliphatic hydroxyl groups excluding tert-OH is 1. The van der Waals surface area contributed by atoms with Gasteiger partial charge in [0.25, 0.3) is 0 Å². The molecule has 0 radical (unpaired) electrons. The molecule has 2 fully saturated rings. The van der Waals surface area contributed by atoms with E-state index in [1.54, 1.807) is 0 Å². The third kappa shape index (κ3) is 2.67. The van der Waals surface area contributed by atoms with Crippen molar-refractivity contribution < 1.29 is 14.9 Å². The van der Waals surface area contributed by atoms with Crippen LogP contribution in [0.4, 0.5) is 0 Å².